The van der Waals surface area contributed by atoms with Crippen LogP contribution in [0.25, 0.3) is 0 Å². The minimum Gasteiger partial charge on any atom is -0.460 e. The van der Waals surface area contributed by atoms with E-state index >= 15 is 0 Å². The quantitative estimate of drug-likeness (QED) is 0.624. The van der Waals surface area contributed by atoms with E-state index < -0.39 is 5.41 Å². The third-order valence-corrected chi connectivity index (χ3v) is 4.49. The van der Waals surface area contributed by atoms with Crippen LogP contribution in [0.3, 0.4) is 0 Å². The highest BCUT2D eigenvalue weighted by Gasteiger charge is 2.37. The average Bonchev–Trinajstić information content (AvgIpc) is 2.65. The van der Waals surface area contributed by atoms with Crippen LogP contribution in [-0.4, -0.2) is 12.6 Å². The Hall–Kier alpha value is -2.13. The molecule has 0 heterocycles. The second-order valence-electron chi connectivity index (χ2n) is 6.03. The Balaban J connectivity index is 1.91. The lowest BCUT2D eigenvalue weighted by Crippen LogP contribution is -2.36. The molecule has 0 N–H and O–H groups in total. The molecule has 0 radical (unpaired) electrons. The molecule has 0 aliphatic carbocycles. The van der Waals surface area contributed by atoms with Crippen molar-refractivity contribution >= 4 is 5.97 Å². The third kappa shape index (κ3) is 4.93. The maximum absolute atomic E-state index is 12.6. The van der Waals surface area contributed by atoms with Crippen molar-refractivity contribution in [3.05, 3.63) is 71.8 Å². The van der Waals surface area contributed by atoms with E-state index in [0.29, 0.717) is 32.7 Å². The van der Waals surface area contributed by atoms with E-state index in [4.69, 9.17) is 9.47 Å². The van der Waals surface area contributed by atoms with E-state index in [1.54, 1.807) is 0 Å². The Morgan fingerprint density at radius 2 is 1.33 bits per heavy atom. The van der Waals surface area contributed by atoms with Crippen LogP contribution in [0, 0.1) is 5.41 Å². The highest BCUT2D eigenvalue weighted by molar-refractivity contribution is 5.77. The lowest BCUT2D eigenvalue weighted by atomic mass is 9.83. The van der Waals surface area contributed by atoms with Crippen molar-refractivity contribution in [3.8, 4) is 0 Å². The SMILES string of the molecule is CCC(CC)(COCc1ccccc1)C(=O)OCc1ccccc1. The van der Waals surface area contributed by atoms with Gasteiger partial charge in [-0.2, -0.15) is 0 Å². The average molecular weight is 326 g/mol. The van der Waals surface area contributed by atoms with E-state index in [1.807, 2.05) is 74.5 Å². The maximum Gasteiger partial charge on any atom is 0.314 e. The Morgan fingerprint density at radius 3 is 1.83 bits per heavy atom. The Kier molecular flexibility index (Phi) is 7.01. The van der Waals surface area contributed by atoms with Gasteiger partial charge >= 0.3 is 5.97 Å². The first-order valence-electron chi connectivity index (χ1n) is 8.53. The first-order chi connectivity index (χ1) is 11.7. The number of hydrogen-bond donors (Lipinski definition) is 0. The largest absolute Gasteiger partial charge is 0.460 e. The summed E-state index contributed by atoms with van der Waals surface area (Å²) >= 11 is 0. The van der Waals surface area contributed by atoms with Crippen molar-refractivity contribution in [2.45, 2.75) is 39.9 Å². The summed E-state index contributed by atoms with van der Waals surface area (Å²) in [5, 5.41) is 0. The number of carbonyl (C=O) groups excluding carboxylic acids is 1. The molecule has 0 fully saturated rings. The minimum absolute atomic E-state index is 0.176. The first kappa shape index (κ1) is 18.2. The summed E-state index contributed by atoms with van der Waals surface area (Å²) in [5.41, 5.74) is 1.53. The summed E-state index contributed by atoms with van der Waals surface area (Å²) in [4.78, 5) is 12.6. The van der Waals surface area contributed by atoms with E-state index in [1.165, 1.54) is 0 Å². The van der Waals surface area contributed by atoms with Gasteiger partial charge in [-0.05, 0) is 24.0 Å². The zero-order chi connectivity index (χ0) is 17.3. The van der Waals surface area contributed by atoms with Crippen molar-refractivity contribution in [3.63, 3.8) is 0 Å². The summed E-state index contributed by atoms with van der Waals surface area (Å²) in [6.45, 7) is 5.22. The van der Waals surface area contributed by atoms with Gasteiger partial charge in [0.1, 0.15) is 6.61 Å². The standard InChI is InChI=1S/C21H26O3/c1-3-21(4-2,17-23-15-18-11-7-5-8-12-18)20(22)24-16-19-13-9-6-10-14-19/h5-14H,3-4,15-17H2,1-2H3. The minimum atomic E-state index is -0.580. The maximum atomic E-state index is 12.6. The number of carbonyl (C=O) groups is 1. The van der Waals surface area contributed by atoms with Gasteiger partial charge in [0.15, 0.2) is 0 Å². The van der Waals surface area contributed by atoms with Crippen molar-refractivity contribution in [2.24, 2.45) is 5.41 Å². The van der Waals surface area contributed by atoms with Crippen molar-refractivity contribution in [1.29, 1.82) is 0 Å². The molecule has 128 valence electrons. The predicted molar refractivity (Wildman–Crippen MR) is 95.4 cm³/mol. The number of hydrogen-bond acceptors (Lipinski definition) is 3. The summed E-state index contributed by atoms with van der Waals surface area (Å²) < 4.78 is 11.4. The molecule has 0 aromatic heterocycles. The molecule has 3 heteroatoms. The Morgan fingerprint density at radius 1 is 0.833 bits per heavy atom. The van der Waals surface area contributed by atoms with E-state index in [0.717, 1.165) is 11.1 Å². The topological polar surface area (TPSA) is 35.5 Å². The second kappa shape index (κ2) is 9.24. The molecule has 0 aliphatic heterocycles. The van der Waals surface area contributed by atoms with Gasteiger partial charge in [0.2, 0.25) is 0 Å². The molecule has 0 saturated carbocycles. The molecule has 0 spiro atoms. The number of ether oxygens (including phenoxy) is 2. The summed E-state index contributed by atoms with van der Waals surface area (Å²) in [5.74, 6) is -0.176. The number of esters is 1. The highest BCUT2D eigenvalue weighted by atomic mass is 16.5. The molecule has 2 aromatic carbocycles. The molecule has 2 aromatic rings. The molecule has 0 saturated heterocycles. The first-order valence-corrected chi connectivity index (χ1v) is 8.53. The summed E-state index contributed by atoms with van der Waals surface area (Å²) in [6, 6.07) is 19.7. The fraction of sp³-hybridized carbons (Fsp3) is 0.381. The molecular formula is C21H26O3. The summed E-state index contributed by atoms with van der Waals surface area (Å²) in [7, 11) is 0. The molecule has 0 unspecified atom stereocenters. The van der Waals surface area contributed by atoms with Gasteiger partial charge in [-0.25, -0.2) is 0 Å². The van der Waals surface area contributed by atoms with Crippen LogP contribution in [0.15, 0.2) is 60.7 Å². The Bertz CT molecular complexity index is 603. The molecule has 2 rings (SSSR count). The molecule has 0 aliphatic rings. The number of rotatable bonds is 9. The van der Waals surface area contributed by atoms with Crippen LogP contribution in [0.5, 0.6) is 0 Å². The third-order valence-electron chi connectivity index (χ3n) is 4.49. The Labute approximate surface area is 144 Å². The van der Waals surface area contributed by atoms with E-state index in [2.05, 4.69) is 0 Å². The van der Waals surface area contributed by atoms with Gasteiger partial charge in [0, 0.05) is 0 Å². The molecule has 0 amide bonds. The van der Waals surface area contributed by atoms with Gasteiger partial charge in [-0.15, -0.1) is 0 Å². The van der Waals surface area contributed by atoms with Crippen LogP contribution in [0.1, 0.15) is 37.8 Å². The van der Waals surface area contributed by atoms with Crippen LogP contribution in [-0.2, 0) is 27.5 Å². The molecule has 3 nitrogen and oxygen atoms in total. The van der Waals surface area contributed by atoms with E-state index in [9.17, 15) is 4.79 Å². The molecule has 0 atom stereocenters. The summed E-state index contributed by atoms with van der Waals surface area (Å²) in [6.07, 6.45) is 1.40. The fourth-order valence-corrected chi connectivity index (χ4v) is 2.62. The fourth-order valence-electron chi connectivity index (χ4n) is 2.62. The predicted octanol–water partition coefficient (Wildman–Crippen LogP) is 4.75. The molecular weight excluding hydrogens is 300 g/mol. The molecule has 0 bridgehead atoms. The van der Waals surface area contributed by atoms with Gasteiger partial charge in [-0.1, -0.05) is 74.5 Å². The second-order valence-corrected chi connectivity index (χ2v) is 6.03. The van der Waals surface area contributed by atoms with Crippen molar-refractivity contribution in [2.75, 3.05) is 6.61 Å². The lowest BCUT2D eigenvalue weighted by molar-refractivity contribution is -0.162. The van der Waals surface area contributed by atoms with Crippen LogP contribution < -0.4 is 0 Å². The monoisotopic (exact) mass is 326 g/mol. The van der Waals surface area contributed by atoms with Gasteiger partial charge in [-0.3, -0.25) is 4.79 Å². The normalized spacial score (nSPS) is 11.2. The zero-order valence-electron chi connectivity index (χ0n) is 14.5. The zero-order valence-corrected chi connectivity index (χ0v) is 14.5. The van der Waals surface area contributed by atoms with E-state index in [-0.39, 0.29) is 5.97 Å². The van der Waals surface area contributed by atoms with Gasteiger partial charge in [0.05, 0.1) is 18.6 Å². The smallest absolute Gasteiger partial charge is 0.314 e. The highest BCUT2D eigenvalue weighted by Crippen LogP contribution is 2.29. The van der Waals surface area contributed by atoms with Crippen LogP contribution >= 0.6 is 0 Å². The molecule has 24 heavy (non-hydrogen) atoms. The number of benzene rings is 2. The van der Waals surface area contributed by atoms with Crippen LogP contribution in [0.4, 0.5) is 0 Å². The van der Waals surface area contributed by atoms with Crippen LogP contribution in [0.2, 0.25) is 0 Å². The van der Waals surface area contributed by atoms with Gasteiger partial charge < -0.3 is 9.47 Å². The lowest BCUT2D eigenvalue weighted by Gasteiger charge is -2.29. The van der Waals surface area contributed by atoms with Crippen molar-refractivity contribution < 1.29 is 14.3 Å². The van der Waals surface area contributed by atoms with Gasteiger partial charge in [0.25, 0.3) is 0 Å². The van der Waals surface area contributed by atoms with Crippen molar-refractivity contribution in [1.82, 2.24) is 0 Å².